The third kappa shape index (κ3) is 9.22. The van der Waals surface area contributed by atoms with Crippen LogP contribution in [0.25, 0.3) is 0 Å². The Bertz CT molecular complexity index is 527. The predicted octanol–water partition coefficient (Wildman–Crippen LogP) is 2.39. The Morgan fingerprint density at radius 1 is 1.00 bits per heavy atom. The van der Waals surface area contributed by atoms with Gasteiger partial charge in [0, 0.05) is 40.4 Å². The molecule has 1 fully saturated rings. The highest BCUT2D eigenvalue weighted by Crippen LogP contribution is 2.13. The van der Waals surface area contributed by atoms with E-state index >= 15 is 0 Å². The number of unbranched alkanes of at least 4 members (excludes halogenated alkanes) is 1. The molecule has 6 heteroatoms. The number of aliphatic imine (C=N–C) groups is 1. The van der Waals surface area contributed by atoms with Crippen LogP contribution in [0.1, 0.15) is 36.8 Å². The Labute approximate surface area is 164 Å². The smallest absolute Gasteiger partial charge is 0.191 e. The number of guanidine groups is 1. The van der Waals surface area contributed by atoms with E-state index in [1.165, 1.54) is 37.1 Å². The van der Waals surface area contributed by atoms with E-state index in [9.17, 15) is 0 Å². The average molecular weight is 377 g/mol. The van der Waals surface area contributed by atoms with Gasteiger partial charge in [-0.3, -0.25) is 9.89 Å². The van der Waals surface area contributed by atoms with Gasteiger partial charge in [0.15, 0.2) is 5.96 Å². The normalized spacial score (nSPS) is 15.3. The lowest BCUT2D eigenvalue weighted by Gasteiger charge is -2.15. The first-order chi connectivity index (χ1) is 13.3. The molecule has 0 amide bonds. The lowest BCUT2D eigenvalue weighted by molar-refractivity contribution is 0.0689. The van der Waals surface area contributed by atoms with Crippen LogP contribution in [0.5, 0.6) is 0 Å². The minimum absolute atomic E-state index is 0.661. The number of benzene rings is 1. The van der Waals surface area contributed by atoms with Crippen molar-refractivity contribution >= 4 is 5.96 Å². The third-order valence-corrected chi connectivity index (χ3v) is 4.75. The van der Waals surface area contributed by atoms with Crippen LogP contribution in [-0.2, 0) is 22.6 Å². The van der Waals surface area contributed by atoms with Gasteiger partial charge in [-0.25, -0.2) is 0 Å². The molecule has 0 spiro atoms. The molecule has 1 aromatic rings. The van der Waals surface area contributed by atoms with Crippen molar-refractivity contribution in [2.24, 2.45) is 4.99 Å². The van der Waals surface area contributed by atoms with E-state index in [2.05, 4.69) is 44.8 Å². The molecule has 1 aliphatic rings. The Morgan fingerprint density at radius 2 is 1.74 bits per heavy atom. The zero-order chi connectivity index (χ0) is 19.2. The zero-order valence-electron chi connectivity index (χ0n) is 17.0. The number of methoxy groups -OCH3 is 1. The summed E-state index contributed by atoms with van der Waals surface area (Å²) in [4.78, 5) is 6.82. The molecule has 1 aromatic carbocycles. The number of nitrogens with zero attached hydrogens (tertiary/aromatic N) is 2. The van der Waals surface area contributed by atoms with Gasteiger partial charge in [-0.15, -0.1) is 0 Å². The van der Waals surface area contributed by atoms with Crippen molar-refractivity contribution in [3.05, 3.63) is 35.4 Å². The van der Waals surface area contributed by atoms with Gasteiger partial charge < -0.3 is 20.1 Å². The van der Waals surface area contributed by atoms with Crippen molar-refractivity contribution in [2.45, 2.75) is 38.8 Å². The first kappa shape index (κ1) is 21.7. The topological polar surface area (TPSA) is 58.1 Å². The third-order valence-electron chi connectivity index (χ3n) is 4.75. The molecule has 27 heavy (non-hydrogen) atoms. The number of rotatable bonds is 12. The van der Waals surface area contributed by atoms with Gasteiger partial charge in [0.1, 0.15) is 0 Å². The van der Waals surface area contributed by atoms with Crippen molar-refractivity contribution in [3.8, 4) is 0 Å². The summed E-state index contributed by atoms with van der Waals surface area (Å²) in [6.07, 6.45) is 4.77. The van der Waals surface area contributed by atoms with E-state index in [-0.39, 0.29) is 0 Å². The van der Waals surface area contributed by atoms with Crippen LogP contribution < -0.4 is 10.6 Å². The fourth-order valence-electron chi connectivity index (χ4n) is 3.15. The summed E-state index contributed by atoms with van der Waals surface area (Å²) >= 11 is 0. The second kappa shape index (κ2) is 13.5. The summed E-state index contributed by atoms with van der Waals surface area (Å²) in [5, 5.41) is 6.73. The summed E-state index contributed by atoms with van der Waals surface area (Å²) in [7, 11) is 3.50. The minimum Gasteiger partial charge on any atom is -0.382 e. The largest absolute Gasteiger partial charge is 0.382 e. The molecule has 1 aliphatic heterocycles. The molecule has 1 heterocycles. The first-order valence-electron chi connectivity index (χ1n) is 10.1. The summed E-state index contributed by atoms with van der Waals surface area (Å²) in [5.41, 5.74) is 2.67. The molecule has 1 saturated heterocycles. The molecule has 6 nitrogen and oxygen atoms in total. The fraction of sp³-hybridized carbons (Fsp3) is 0.667. The molecule has 152 valence electrons. The summed E-state index contributed by atoms with van der Waals surface area (Å²) in [6.45, 7) is 7.34. The molecule has 0 atom stereocenters. The summed E-state index contributed by atoms with van der Waals surface area (Å²) < 4.78 is 10.4. The summed E-state index contributed by atoms with van der Waals surface area (Å²) in [5.74, 6) is 0.844. The van der Waals surface area contributed by atoms with Crippen LogP contribution in [0.4, 0.5) is 0 Å². The van der Waals surface area contributed by atoms with E-state index in [1.54, 1.807) is 7.11 Å². The van der Waals surface area contributed by atoms with Crippen LogP contribution in [0.3, 0.4) is 0 Å². The van der Waals surface area contributed by atoms with Gasteiger partial charge in [-0.1, -0.05) is 24.3 Å². The van der Waals surface area contributed by atoms with Gasteiger partial charge in [0.05, 0.1) is 13.2 Å². The van der Waals surface area contributed by atoms with E-state index < -0.39 is 0 Å². The van der Waals surface area contributed by atoms with Gasteiger partial charge >= 0.3 is 0 Å². The van der Waals surface area contributed by atoms with Gasteiger partial charge in [0.2, 0.25) is 0 Å². The van der Waals surface area contributed by atoms with Crippen LogP contribution in [0.15, 0.2) is 29.3 Å². The lowest BCUT2D eigenvalue weighted by atomic mass is 10.1. The number of ether oxygens (including phenoxy) is 2. The number of likely N-dealkylation sites (tertiary alicyclic amines) is 1. The number of hydrogen-bond acceptors (Lipinski definition) is 4. The second-order valence-electron chi connectivity index (χ2n) is 6.96. The van der Waals surface area contributed by atoms with Crippen LogP contribution >= 0.6 is 0 Å². The minimum atomic E-state index is 0.661. The number of nitrogens with one attached hydrogen (secondary N) is 2. The molecular formula is C21H36N4O2. The molecule has 0 unspecified atom stereocenters. The monoisotopic (exact) mass is 376 g/mol. The second-order valence-corrected chi connectivity index (χ2v) is 6.96. The molecule has 0 saturated carbocycles. The molecule has 2 rings (SSSR count). The Hall–Kier alpha value is -1.63. The fourth-order valence-corrected chi connectivity index (χ4v) is 3.15. The van der Waals surface area contributed by atoms with E-state index in [0.29, 0.717) is 13.2 Å². The number of hydrogen-bond donors (Lipinski definition) is 2. The molecular weight excluding hydrogens is 340 g/mol. The van der Waals surface area contributed by atoms with Crippen molar-refractivity contribution in [1.82, 2.24) is 15.5 Å². The molecule has 0 bridgehead atoms. The average Bonchev–Trinajstić information content (AvgIpc) is 3.20. The zero-order valence-corrected chi connectivity index (χ0v) is 17.0. The maximum atomic E-state index is 5.46. The maximum absolute atomic E-state index is 5.46. The highest BCUT2D eigenvalue weighted by atomic mass is 16.5. The Balaban J connectivity index is 1.58. The molecule has 0 aliphatic carbocycles. The van der Waals surface area contributed by atoms with Crippen LogP contribution in [0.2, 0.25) is 0 Å². The SMILES string of the molecule is CN=C(NCCCCOCCOC)NCc1ccc(CN2CCCC2)cc1. The van der Waals surface area contributed by atoms with Crippen molar-refractivity contribution in [2.75, 3.05) is 53.6 Å². The highest BCUT2D eigenvalue weighted by molar-refractivity contribution is 5.79. The lowest BCUT2D eigenvalue weighted by Crippen LogP contribution is -2.37. The maximum Gasteiger partial charge on any atom is 0.191 e. The van der Waals surface area contributed by atoms with E-state index in [0.717, 1.165) is 45.0 Å². The van der Waals surface area contributed by atoms with Crippen molar-refractivity contribution in [1.29, 1.82) is 0 Å². The highest BCUT2D eigenvalue weighted by Gasteiger charge is 2.11. The van der Waals surface area contributed by atoms with Crippen LogP contribution in [-0.4, -0.2) is 64.5 Å². The van der Waals surface area contributed by atoms with Gasteiger partial charge in [0.25, 0.3) is 0 Å². The Morgan fingerprint density at radius 3 is 2.44 bits per heavy atom. The Kier molecular flexibility index (Phi) is 10.9. The first-order valence-corrected chi connectivity index (χ1v) is 10.1. The van der Waals surface area contributed by atoms with Crippen LogP contribution in [0, 0.1) is 0 Å². The predicted molar refractivity (Wildman–Crippen MR) is 111 cm³/mol. The molecule has 0 aromatic heterocycles. The summed E-state index contributed by atoms with van der Waals surface area (Å²) in [6, 6.07) is 8.91. The standard InChI is InChI=1S/C21H36N4O2/c1-22-21(23-11-3-6-14-27-16-15-26-2)24-17-19-7-9-20(10-8-19)18-25-12-4-5-13-25/h7-10H,3-6,11-18H2,1-2H3,(H2,22,23,24). The molecule has 2 N–H and O–H groups in total. The van der Waals surface area contributed by atoms with Gasteiger partial charge in [-0.05, 0) is 49.9 Å². The molecule has 0 radical (unpaired) electrons. The van der Waals surface area contributed by atoms with Crippen molar-refractivity contribution < 1.29 is 9.47 Å². The van der Waals surface area contributed by atoms with Gasteiger partial charge in [-0.2, -0.15) is 0 Å². The van der Waals surface area contributed by atoms with Crippen molar-refractivity contribution in [3.63, 3.8) is 0 Å². The van der Waals surface area contributed by atoms with E-state index in [1.807, 2.05) is 7.05 Å². The van der Waals surface area contributed by atoms with E-state index in [4.69, 9.17) is 9.47 Å². The quantitative estimate of drug-likeness (QED) is 0.333.